The zero-order chi connectivity index (χ0) is 37.5. The Hall–Kier alpha value is -4.60. The standard InChI is InChI=1S/C35H43F3N6O6S/c1-19(2)29-34(50)44-18-24(40-31(47)22-10-12-23(13-11-22)35(36,37)38)16-27(44)33(49)39-20(3)30(46)42-26(21-8-6-5-7-9-21)17-28(45)41-25(14-15-51-4)32(48)43-29/h5-13,19-20,24-27,29H,14-18H2,1-4H3,(H,39,49)(H,40,47)(H,41,45)(H,42,46)(H,43,48)/t20-,24-,25-,26-,27-,29-/m0/s1. The number of nitrogens with zero attached hydrogens (tertiary/aromatic N) is 1. The Morgan fingerprint density at radius 3 is 2.20 bits per heavy atom. The van der Waals surface area contributed by atoms with Crippen molar-refractivity contribution in [3.05, 3.63) is 71.3 Å². The minimum absolute atomic E-state index is 0.0526. The fourth-order valence-electron chi connectivity index (χ4n) is 6.01. The van der Waals surface area contributed by atoms with Crippen LogP contribution in [0.5, 0.6) is 0 Å². The van der Waals surface area contributed by atoms with E-state index in [9.17, 15) is 41.9 Å². The lowest BCUT2D eigenvalue weighted by atomic mass is 10.0. The molecule has 2 aliphatic heterocycles. The highest BCUT2D eigenvalue weighted by Crippen LogP contribution is 2.29. The summed E-state index contributed by atoms with van der Waals surface area (Å²) in [5, 5.41) is 13.7. The number of fused-ring (bicyclic) bond motifs is 1. The molecule has 0 saturated carbocycles. The largest absolute Gasteiger partial charge is 0.416 e. The van der Waals surface area contributed by atoms with E-state index in [0.29, 0.717) is 11.3 Å². The summed E-state index contributed by atoms with van der Waals surface area (Å²) >= 11 is 1.47. The van der Waals surface area contributed by atoms with Gasteiger partial charge in [-0.25, -0.2) is 0 Å². The summed E-state index contributed by atoms with van der Waals surface area (Å²) in [6.07, 6.45) is -2.76. The van der Waals surface area contributed by atoms with Crippen molar-refractivity contribution >= 4 is 47.2 Å². The molecule has 2 fully saturated rings. The Morgan fingerprint density at radius 1 is 0.922 bits per heavy atom. The quantitative estimate of drug-likeness (QED) is 0.292. The molecule has 0 radical (unpaired) electrons. The molecule has 4 rings (SSSR count). The zero-order valence-corrected chi connectivity index (χ0v) is 29.5. The predicted molar refractivity (Wildman–Crippen MR) is 184 cm³/mol. The van der Waals surface area contributed by atoms with E-state index in [1.165, 1.54) is 23.6 Å². The average Bonchev–Trinajstić information content (AvgIpc) is 3.51. The van der Waals surface area contributed by atoms with Gasteiger partial charge in [0, 0.05) is 18.2 Å². The third kappa shape index (κ3) is 10.2. The van der Waals surface area contributed by atoms with Gasteiger partial charge in [-0.1, -0.05) is 44.2 Å². The molecule has 2 saturated heterocycles. The van der Waals surface area contributed by atoms with Crippen molar-refractivity contribution in [1.82, 2.24) is 31.5 Å². The molecule has 51 heavy (non-hydrogen) atoms. The monoisotopic (exact) mass is 732 g/mol. The van der Waals surface area contributed by atoms with E-state index in [4.69, 9.17) is 0 Å². The molecule has 2 aliphatic rings. The number of thioether (sulfide) groups is 1. The van der Waals surface area contributed by atoms with Gasteiger partial charge in [0.05, 0.1) is 18.0 Å². The van der Waals surface area contributed by atoms with Crippen LogP contribution in [0.4, 0.5) is 13.2 Å². The Labute approximate surface area is 298 Å². The van der Waals surface area contributed by atoms with Crippen molar-refractivity contribution in [3.63, 3.8) is 0 Å². The van der Waals surface area contributed by atoms with Crippen LogP contribution >= 0.6 is 11.8 Å². The molecule has 0 bridgehead atoms. The number of nitrogens with one attached hydrogen (secondary N) is 5. The van der Waals surface area contributed by atoms with Gasteiger partial charge in [0.15, 0.2) is 0 Å². The molecular weight excluding hydrogens is 689 g/mol. The van der Waals surface area contributed by atoms with E-state index in [1.54, 1.807) is 44.2 Å². The van der Waals surface area contributed by atoms with Gasteiger partial charge < -0.3 is 31.5 Å². The maximum absolute atomic E-state index is 14.2. The maximum atomic E-state index is 14.2. The molecule has 16 heteroatoms. The van der Waals surface area contributed by atoms with Crippen LogP contribution in [0.3, 0.4) is 0 Å². The van der Waals surface area contributed by atoms with Crippen LogP contribution in [0.25, 0.3) is 0 Å². The topological polar surface area (TPSA) is 166 Å². The normalized spacial score (nSPS) is 25.4. The molecule has 0 aromatic heterocycles. The molecule has 5 N–H and O–H groups in total. The van der Waals surface area contributed by atoms with Crippen LogP contribution in [-0.2, 0) is 30.1 Å². The summed E-state index contributed by atoms with van der Waals surface area (Å²) < 4.78 is 39.2. The van der Waals surface area contributed by atoms with Gasteiger partial charge in [0.25, 0.3) is 5.91 Å². The van der Waals surface area contributed by atoms with Crippen LogP contribution in [0.2, 0.25) is 0 Å². The second-order valence-electron chi connectivity index (χ2n) is 13.0. The lowest BCUT2D eigenvalue weighted by Crippen LogP contribution is -2.59. The molecule has 12 nitrogen and oxygen atoms in total. The van der Waals surface area contributed by atoms with E-state index < -0.39 is 89.4 Å². The maximum Gasteiger partial charge on any atom is 0.416 e. The Kier molecular flexibility index (Phi) is 13.1. The second kappa shape index (κ2) is 17.1. The highest BCUT2D eigenvalue weighted by atomic mass is 32.2. The summed E-state index contributed by atoms with van der Waals surface area (Å²) in [5.41, 5.74) is -0.345. The van der Waals surface area contributed by atoms with Gasteiger partial charge >= 0.3 is 6.18 Å². The van der Waals surface area contributed by atoms with Crippen LogP contribution < -0.4 is 26.6 Å². The molecule has 2 aromatic rings. The summed E-state index contributed by atoms with van der Waals surface area (Å²) in [5.74, 6) is -3.67. The number of hydrogen-bond acceptors (Lipinski definition) is 7. The molecule has 0 aliphatic carbocycles. The summed E-state index contributed by atoms with van der Waals surface area (Å²) in [6, 6.07) is 6.40. The first-order chi connectivity index (χ1) is 24.1. The first-order valence-corrected chi connectivity index (χ1v) is 18.0. The van der Waals surface area contributed by atoms with Crippen LogP contribution in [0, 0.1) is 5.92 Å². The van der Waals surface area contributed by atoms with Gasteiger partial charge in [-0.15, -0.1) is 0 Å². The number of hydrogen-bond donors (Lipinski definition) is 5. The third-order valence-electron chi connectivity index (χ3n) is 8.85. The fourth-order valence-corrected chi connectivity index (χ4v) is 6.48. The first kappa shape index (κ1) is 39.2. The molecule has 6 amide bonds. The van der Waals surface area contributed by atoms with Crippen molar-refractivity contribution < 1.29 is 41.9 Å². The molecule has 2 aromatic carbocycles. The molecule has 276 valence electrons. The SMILES string of the molecule is CSCC[C@@H]1NC(=O)C[C@@H](c2ccccc2)NC(=O)[C@H](C)NC(=O)[C@@H]2C[C@H](NC(=O)c3ccc(C(F)(F)F)cc3)CN2C(=O)[C@H](C(C)C)NC1=O. The van der Waals surface area contributed by atoms with Crippen molar-refractivity contribution in [1.29, 1.82) is 0 Å². The summed E-state index contributed by atoms with van der Waals surface area (Å²) in [4.78, 5) is 82.7. The van der Waals surface area contributed by atoms with E-state index >= 15 is 0 Å². The van der Waals surface area contributed by atoms with E-state index in [0.717, 1.165) is 24.3 Å². The molecule has 0 spiro atoms. The van der Waals surface area contributed by atoms with Crippen molar-refractivity contribution in [2.24, 2.45) is 5.92 Å². The van der Waals surface area contributed by atoms with Crippen molar-refractivity contribution in [2.45, 2.75) is 82.5 Å². The highest BCUT2D eigenvalue weighted by molar-refractivity contribution is 7.98. The number of halogens is 3. The Balaban J connectivity index is 1.65. The average molecular weight is 733 g/mol. The van der Waals surface area contributed by atoms with Gasteiger partial charge in [0.2, 0.25) is 29.5 Å². The summed E-state index contributed by atoms with van der Waals surface area (Å²) in [7, 11) is 0. The predicted octanol–water partition coefficient (Wildman–Crippen LogP) is 2.55. The van der Waals surface area contributed by atoms with E-state index in [2.05, 4.69) is 26.6 Å². The fraction of sp³-hybridized carbons (Fsp3) is 0.486. The molecular formula is C35H43F3N6O6S. The minimum atomic E-state index is -4.58. The number of carbonyl (C=O) groups is 6. The molecule has 0 unspecified atom stereocenters. The van der Waals surface area contributed by atoms with Crippen LogP contribution in [0.1, 0.15) is 67.6 Å². The smallest absolute Gasteiger partial charge is 0.347 e. The molecule has 2 heterocycles. The lowest BCUT2D eigenvalue weighted by molar-refractivity contribution is -0.143. The third-order valence-corrected chi connectivity index (χ3v) is 9.49. The van der Waals surface area contributed by atoms with Gasteiger partial charge in [-0.3, -0.25) is 28.8 Å². The molecule has 6 atom stereocenters. The number of carbonyl (C=O) groups excluding carboxylic acids is 6. The number of alkyl halides is 3. The Morgan fingerprint density at radius 2 is 1.59 bits per heavy atom. The minimum Gasteiger partial charge on any atom is -0.347 e. The summed E-state index contributed by atoms with van der Waals surface area (Å²) in [6.45, 7) is 4.72. The number of benzene rings is 2. The van der Waals surface area contributed by atoms with Crippen molar-refractivity contribution in [2.75, 3.05) is 18.6 Å². The van der Waals surface area contributed by atoms with Gasteiger partial charge in [0.1, 0.15) is 24.2 Å². The van der Waals surface area contributed by atoms with Crippen LogP contribution in [-0.4, -0.2) is 89.1 Å². The second-order valence-corrected chi connectivity index (χ2v) is 14.0. The number of rotatable bonds is 7. The van der Waals surface area contributed by atoms with Gasteiger partial charge in [-0.2, -0.15) is 24.9 Å². The first-order valence-electron chi connectivity index (χ1n) is 16.6. The van der Waals surface area contributed by atoms with Crippen molar-refractivity contribution in [3.8, 4) is 0 Å². The zero-order valence-electron chi connectivity index (χ0n) is 28.7. The Bertz CT molecular complexity index is 1590. The lowest BCUT2D eigenvalue weighted by Gasteiger charge is -2.32. The van der Waals surface area contributed by atoms with Crippen LogP contribution in [0.15, 0.2) is 54.6 Å². The van der Waals surface area contributed by atoms with E-state index in [-0.39, 0.29) is 31.4 Å². The van der Waals surface area contributed by atoms with Gasteiger partial charge in [-0.05, 0) is 67.5 Å². The van der Waals surface area contributed by atoms with E-state index in [1.807, 2.05) is 6.26 Å². The highest BCUT2D eigenvalue weighted by Gasteiger charge is 2.44. The number of amides is 6.